The van der Waals surface area contributed by atoms with Crippen molar-refractivity contribution in [3.63, 3.8) is 0 Å². The lowest BCUT2D eigenvalue weighted by molar-refractivity contribution is 0.403. The zero-order valence-corrected chi connectivity index (χ0v) is 12.8. The van der Waals surface area contributed by atoms with Gasteiger partial charge in [-0.25, -0.2) is 0 Å². The molecule has 0 fully saturated rings. The summed E-state index contributed by atoms with van der Waals surface area (Å²) in [4.78, 5) is 0. The summed E-state index contributed by atoms with van der Waals surface area (Å²) in [6, 6.07) is 12.4. The van der Waals surface area contributed by atoms with Gasteiger partial charge in [-0.3, -0.25) is 0 Å². The number of thioether (sulfide) groups is 1. The van der Waals surface area contributed by atoms with Crippen LogP contribution in [0.1, 0.15) is 24.3 Å². The van der Waals surface area contributed by atoms with Crippen molar-refractivity contribution in [1.82, 2.24) is 5.32 Å². The molecule has 0 aliphatic rings. The van der Waals surface area contributed by atoms with Crippen LogP contribution in [0.3, 0.4) is 0 Å². The average Bonchev–Trinajstić information content (AvgIpc) is 2.99. The maximum atomic E-state index is 5.46. The molecule has 0 radical (unpaired) electrons. The van der Waals surface area contributed by atoms with Crippen LogP contribution < -0.4 is 10.1 Å². The van der Waals surface area contributed by atoms with Crippen LogP contribution in [0.4, 0.5) is 0 Å². The highest BCUT2D eigenvalue weighted by Gasteiger charge is 2.15. The summed E-state index contributed by atoms with van der Waals surface area (Å²) in [6.45, 7) is 3.06. The van der Waals surface area contributed by atoms with Gasteiger partial charge in [-0.15, -0.1) is 0 Å². The Kier molecular flexibility index (Phi) is 6.02. The number of nitrogens with one attached hydrogen (secondary N) is 1. The topological polar surface area (TPSA) is 34.4 Å². The summed E-state index contributed by atoms with van der Waals surface area (Å²) < 4.78 is 10.8. The number of methoxy groups -OCH3 is 1. The van der Waals surface area contributed by atoms with Crippen molar-refractivity contribution in [2.45, 2.75) is 18.7 Å². The fourth-order valence-electron chi connectivity index (χ4n) is 2.13. The molecule has 3 nitrogen and oxygen atoms in total. The van der Waals surface area contributed by atoms with E-state index in [1.807, 2.05) is 36.0 Å². The lowest BCUT2D eigenvalue weighted by Crippen LogP contribution is -2.23. The Bertz CT molecular complexity index is 499. The van der Waals surface area contributed by atoms with Crippen LogP contribution in [0, 0.1) is 0 Å². The first-order valence-corrected chi connectivity index (χ1v) is 7.97. The number of rotatable bonds is 8. The van der Waals surface area contributed by atoms with Crippen LogP contribution in [0.15, 0.2) is 47.1 Å². The second-order valence-corrected chi connectivity index (χ2v) is 5.48. The van der Waals surface area contributed by atoms with E-state index in [4.69, 9.17) is 9.15 Å². The van der Waals surface area contributed by atoms with E-state index in [9.17, 15) is 0 Å². The van der Waals surface area contributed by atoms with E-state index < -0.39 is 0 Å². The first kappa shape index (κ1) is 15.0. The third kappa shape index (κ3) is 4.05. The predicted octanol–water partition coefficient (Wildman–Crippen LogP) is 3.87. The number of para-hydroxylation sites is 1. The first-order chi connectivity index (χ1) is 9.85. The van der Waals surface area contributed by atoms with Gasteiger partial charge >= 0.3 is 0 Å². The molecule has 108 valence electrons. The Morgan fingerprint density at radius 2 is 2.10 bits per heavy atom. The first-order valence-electron chi connectivity index (χ1n) is 6.81. The second kappa shape index (κ2) is 8.02. The molecule has 1 atom stereocenters. The maximum Gasteiger partial charge on any atom is 0.123 e. The lowest BCUT2D eigenvalue weighted by Gasteiger charge is -2.20. The monoisotopic (exact) mass is 291 g/mol. The van der Waals surface area contributed by atoms with E-state index in [0.717, 1.165) is 29.6 Å². The van der Waals surface area contributed by atoms with Gasteiger partial charge in [-0.2, -0.15) is 11.8 Å². The largest absolute Gasteiger partial charge is 0.496 e. The van der Waals surface area contributed by atoms with Crippen LogP contribution in [-0.2, 0) is 5.75 Å². The molecule has 1 heterocycles. The fraction of sp³-hybridized carbons (Fsp3) is 0.375. The summed E-state index contributed by atoms with van der Waals surface area (Å²) in [5.74, 6) is 3.83. The molecule has 0 aliphatic carbocycles. The molecule has 0 amide bonds. The van der Waals surface area contributed by atoms with Crippen molar-refractivity contribution in [3.05, 3.63) is 54.0 Å². The Morgan fingerprint density at radius 1 is 1.25 bits per heavy atom. The molecule has 0 saturated heterocycles. The zero-order chi connectivity index (χ0) is 14.2. The lowest BCUT2D eigenvalue weighted by atomic mass is 10.1. The van der Waals surface area contributed by atoms with Crippen molar-refractivity contribution in [3.8, 4) is 5.75 Å². The van der Waals surface area contributed by atoms with E-state index in [1.165, 1.54) is 5.56 Å². The van der Waals surface area contributed by atoms with Crippen LogP contribution in [0.2, 0.25) is 0 Å². The van der Waals surface area contributed by atoms with Gasteiger partial charge in [0.2, 0.25) is 0 Å². The minimum Gasteiger partial charge on any atom is -0.496 e. The predicted molar refractivity (Wildman–Crippen MR) is 84.3 cm³/mol. The molecular weight excluding hydrogens is 270 g/mol. The minimum atomic E-state index is 0.288. The minimum absolute atomic E-state index is 0.288. The normalized spacial score (nSPS) is 12.3. The van der Waals surface area contributed by atoms with Crippen molar-refractivity contribution in [1.29, 1.82) is 0 Å². The van der Waals surface area contributed by atoms with Gasteiger partial charge in [0.25, 0.3) is 0 Å². The molecule has 0 aliphatic heterocycles. The quantitative estimate of drug-likeness (QED) is 0.800. The molecule has 1 aromatic heterocycles. The number of benzene rings is 1. The number of hydrogen-bond donors (Lipinski definition) is 1. The maximum absolute atomic E-state index is 5.46. The van der Waals surface area contributed by atoms with E-state index in [1.54, 1.807) is 13.4 Å². The van der Waals surface area contributed by atoms with Crippen molar-refractivity contribution < 1.29 is 9.15 Å². The number of ether oxygens (including phenoxy) is 1. The standard InChI is InChI=1S/C16H21NO2S/c1-3-17-15(12-20-11-13-7-6-10-19-13)14-8-4-5-9-16(14)18-2/h4-10,15,17H,3,11-12H2,1-2H3. The van der Waals surface area contributed by atoms with Crippen LogP contribution in [0.25, 0.3) is 0 Å². The van der Waals surface area contributed by atoms with Gasteiger partial charge in [0.05, 0.1) is 19.1 Å². The average molecular weight is 291 g/mol. The summed E-state index contributed by atoms with van der Waals surface area (Å²) in [6.07, 6.45) is 1.72. The van der Waals surface area contributed by atoms with Gasteiger partial charge in [0.15, 0.2) is 0 Å². The van der Waals surface area contributed by atoms with Crippen LogP contribution >= 0.6 is 11.8 Å². The Labute approximate surface area is 124 Å². The molecule has 2 rings (SSSR count). The highest BCUT2D eigenvalue weighted by Crippen LogP contribution is 2.28. The van der Waals surface area contributed by atoms with E-state index in [0.29, 0.717) is 0 Å². The second-order valence-electron chi connectivity index (χ2n) is 4.45. The van der Waals surface area contributed by atoms with Crippen molar-refractivity contribution >= 4 is 11.8 Å². The van der Waals surface area contributed by atoms with Gasteiger partial charge in [-0.1, -0.05) is 25.1 Å². The molecule has 2 aromatic rings. The van der Waals surface area contributed by atoms with Gasteiger partial charge < -0.3 is 14.5 Å². The highest BCUT2D eigenvalue weighted by atomic mass is 32.2. The Balaban J connectivity index is 1.99. The molecular formula is C16H21NO2S. The highest BCUT2D eigenvalue weighted by molar-refractivity contribution is 7.98. The SMILES string of the molecule is CCNC(CSCc1ccco1)c1ccccc1OC. The van der Waals surface area contributed by atoms with E-state index in [-0.39, 0.29) is 6.04 Å². The number of furan rings is 1. The summed E-state index contributed by atoms with van der Waals surface area (Å²) in [7, 11) is 1.72. The van der Waals surface area contributed by atoms with Crippen LogP contribution in [-0.4, -0.2) is 19.4 Å². The summed E-state index contributed by atoms with van der Waals surface area (Å²) in [5, 5.41) is 3.52. The van der Waals surface area contributed by atoms with Crippen molar-refractivity contribution in [2.75, 3.05) is 19.4 Å². The molecule has 0 bridgehead atoms. The summed E-state index contributed by atoms with van der Waals surface area (Å²) >= 11 is 1.86. The molecule has 1 aromatic carbocycles. The van der Waals surface area contributed by atoms with Gasteiger partial charge in [0.1, 0.15) is 11.5 Å². The van der Waals surface area contributed by atoms with Crippen LogP contribution in [0.5, 0.6) is 5.75 Å². The molecule has 1 N–H and O–H groups in total. The summed E-state index contributed by atoms with van der Waals surface area (Å²) in [5.41, 5.74) is 1.21. The molecule has 0 spiro atoms. The Hall–Kier alpha value is -1.39. The molecule has 0 saturated carbocycles. The zero-order valence-electron chi connectivity index (χ0n) is 12.0. The Morgan fingerprint density at radius 3 is 2.80 bits per heavy atom. The van der Waals surface area contributed by atoms with Crippen molar-refractivity contribution in [2.24, 2.45) is 0 Å². The van der Waals surface area contributed by atoms with E-state index >= 15 is 0 Å². The molecule has 20 heavy (non-hydrogen) atoms. The smallest absolute Gasteiger partial charge is 0.123 e. The fourth-order valence-corrected chi connectivity index (χ4v) is 3.15. The number of hydrogen-bond acceptors (Lipinski definition) is 4. The van der Waals surface area contributed by atoms with Gasteiger partial charge in [-0.05, 0) is 24.7 Å². The molecule has 1 unspecified atom stereocenters. The van der Waals surface area contributed by atoms with E-state index in [2.05, 4.69) is 24.4 Å². The third-order valence-electron chi connectivity index (χ3n) is 3.07. The van der Waals surface area contributed by atoms with Gasteiger partial charge in [0, 0.05) is 17.4 Å². The molecule has 4 heteroatoms. The third-order valence-corrected chi connectivity index (χ3v) is 4.13.